The van der Waals surface area contributed by atoms with Gasteiger partial charge in [0, 0.05) is 18.4 Å². The minimum Gasteiger partial charge on any atom is -0.298 e. The lowest BCUT2D eigenvalue weighted by Crippen LogP contribution is -2.07. The Hall–Kier alpha value is -2.34. The topological polar surface area (TPSA) is 59.1 Å². The quantitative estimate of drug-likeness (QED) is 0.695. The number of nitrogens with zero attached hydrogens (tertiary/aromatic N) is 1. The van der Waals surface area contributed by atoms with Crippen molar-refractivity contribution in [2.75, 3.05) is 5.32 Å². The number of thiazole rings is 1. The summed E-state index contributed by atoms with van der Waals surface area (Å²) < 4.78 is 12.9. The van der Waals surface area contributed by atoms with Crippen LogP contribution in [0.5, 0.6) is 0 Å². The van der Waals surface area contributed by atoms with Gasteiger partial charge in [0.1, 0.15) is 11.5 Å². The predicted octanol–water partition coefficient (Wildman–Crippen LogP) is 3.14. The molecule has 1 N–H and O–H groups in total. The fraction of sp³-hybridized carbons (Fsp3) is 0.0714. The van der Waals surface area contributed by atoms with Gasteiger partial charge < -0.3 is 0 Å². The first-order chi connectivity index (χ1) is 9.54. The molecule has 0 bridgehead atoms. The van der Waals surface area contributed by atoms with Crippen molar-refractivity contribution in [3.05, 3.63) is 52.8 Å². The van der Waals surface area contributed by atoms with Gasteiger partial charge in [-0.2, -0.15) is 0 Å². The zero-order valence-electron chi connectivity index (χ0n) is 10.6. The Balaban J connectivity index is 1.99. The summed E-state index contributed by atoms with van der Waals surface area (Å²) in [6, 6.07) is 5.90. The van der Waals surface area contributed by atoms with Crippen molar-refractivity contribution in [2.24, 2.45) is 0 Å². The number of anilines is 1. The molecule has 1 aromatic carbocycles. The van der Waals surface area contributed by atoms with Crippen LogP contribution in [0.2, 0.25) is 0 Å². The first-order valence-corrected chi connectivity index (χ1v) is 6.63. The molecule has 1 heterocycles. The Morgan fingerprint density at radius 1 is 1.40 bits per heavy atom. The summed E-state index contributed by atoms with van der Waals surface area (Å²) in [5.74, 6) is -0.908. The molecule has 20 heavy (non-hydrogen) atoms. The maximum Gasteiger partial charge on any atom is 0.250 e. The summed E-state index contributed by atoms with van der Waals surface area (Å²) in [5.41, 5.74) is 0.906. The van der Waals surface area contributed by atoms with E-state index in [4.69, 9.17) is 0 Å². The van der Waals surface area contributed by atoms with Crippen molar-refractivity contribution in [1.29, 1.82) is 0 Å². The summed E-state index contributed by atoms with van der Waals surface area (Å²) in [4.78, 5) is 26.7. The monoisotopic (exact) mass is 290 g/mol. The minimum atomic E-state index is -0.390. The third-order valence-corrected chi connectivity index (χ3v) is 3.13. The number of Topliss-reactive ketones (excluding diaryl/α,β-unsaturated/α-hetero) is 1. The zero-order valence-corrected chi connectivity index (χ0v) is 11.4. The maximum atomic E-state index is 12.9. The van der Waals surface area contributed by atoms with Crippen molar-refractivity contribution in [3.63, 3.8) is 0 Å². The first-order valence-electron chi connectivity index (χ1n) is 5.75. The third-order valence-electron chi connectivity index (χ3n) is 2.37. The molecule has 4 nitrogen and oxygen atoms in total. The highest BCUT2D eigenvalue weighted by Crippen LogP contribution is 2.15. The molecule has 0 saturated heterocycles. The molecule has 1 amide bonds. The van der Waals surface area contributed by atoms with Gasteiger partial charge in [-0.3, -0.25) is 14.9 Å². The second kappa shape index (κ2) is 6.21. The molecule has 2 rings (SSSR count). The molecule has 0 saturated carbocycles. The van der Waals surface area contributed by atoms with Crippen LogP contribution in [-0.4, -0.2) is 16.7 Å². The highest BCUT2D eigenvalue weighted by atomic mass is 32.1. The van der Waals surface area contributed by atoms with E-state index in [1.807, 2.05) is 0 Å². The molecule has 0 atom stereocenters. The summed E-state index contributed by atoms with van der Waals surface area (Å²) in [6.45, 7) is 1.41. The summed E-state index contributed by atoms with van der Waals surface area (Å²) in [6.07, 6.45) is 2.78. The molecule has 0 aliphatic heterocycles. The number of aromatic nitrogens is 1. The van der Waals surface area contributed by atoms with Crippen molar-refractivity contribution < 1.29 is 14.0 Å². The highest BCUT2D eigenvalue weighted by molar-refractivity contribution is 7.14. The van der Waals surface area contributed by atoms with Crippen molar-refractivity contribution in [3.8, 4) is 0 Å². The Kier molecular flexibility index (Phi) is 4.37. The number of rotatable bonds is 4. The number of hydrogen-bond donors (Lipinski definition) is 1. The zero-order chi connectivity index (χ0) is 14.5. The molecule has 102 valence electrons. The van der Waals surface area contributed by atoms with E-state index in [0.29, 0.717) is 16.4 Å². The van der Waals surface area contributed by atoms with Crippen molar-refractivity contribution in [2.45, 2.75) is 6.92 Å². The minimum absolute atomic E-state index is 0.156. The van der Waals surface area contributed by atoms with Gasteiger partial charge in [-0.25, -0.2) is 9.37 Å². The van der Waals surface area contributed by atoms with Gasteiger partial charge in [0.25, 0.3) is 0 Å². The Morgan fingerprint density at radius 2 is 2.20 bits per heavy atom. The summed E-state index contributed by atoms with van der Waals surface area (Å²) in [7, 11) is 0. The van der Waals surface area contributed by atoms with Crippen molar-refractivity contribution >= 4 is 34.2 Å². The third kappa shape index (κ3) is 3.83. The maximum absolute atomic E-state index is 12.9. The van der Waals surface area contributed by atoms with E-state index in [9.17, 15) is 14.0 Å². The van der Waals surface area contributed by atoms with Crippen LogP contribution in [0.25, 0.3) is 6.08 Å². The van der Waals surface area contributed by atoms with Crippen LogP contribution in [0.15, 0.2) is 35.7 Å². The van der Waals surface area contributed by atoms with E-state index in [0.717, 1.165) is 0 Å². The van der Waals surface area contributed by atoms with E-state index >= 15 is 0 Å². The number of ketones is 1. The normalized spacial score (nSPS) is 10.7. The molecule has 0 aliphatic carbocycles. The number of benzene rings is 1. The van der Waals surface area contributed by atoms with Gasteiger partial charge in [-0.05, 0) is 23.8 Å². The second-order valence-electron chi connectivity index (χ2n) is 3.97. The van der Waals surface area contributed by atoms with Crippen LogP contribution in [0.3, 0.4) is 0 Å². The fourth-order valence-corrected chi connectivity index (χ4v) is 2.17. The van der Waals surface area contributed by atoms with Gasteiger partial charge >= 0.3 is 0 Å². The standard InChI is InChI=1S/C14H11FN2O2S/c1-9(18)12-8-20-14(16-12)17-13(19)6-5-10-3-2-4-11(15)7-10/h2-8H,1H3,(H,16,17,19)/b6-5+. The molecule has 6 heteroatoms. The molecular weight excluding hydrogens is 279 g/mol. The number of halogens is 1. The molecule has 0 fully saturated rings. The lowest BCUT2D eigenvalue weighted by atomic mass is 10.2. The second-order valence-corrected chi connectivity index (χ2v) is 4.83. The number of carbonyl (C=O) groups excluding carboxylic acids is 2. The molecule has 1 aromatic heterocycles. The summed E-state index contributed by atoms with van der Waals surface area (Å²) >= 11 is 1.17. The molecule has 2 aromatic rings. The molecule has 0 unspecified atom stereocenters. The smallest absolute Gasteiger partial charge is 0.250 e. The van der Waals surface area contributed by atoms with Gasteiger partial charge in [0.15, 0.2) is 10.9 Å². The number of hydrogen-bond acceptors (Lipinski definition) is 4. The number of amides is 1. The Morgan fingerprint density at radius 3 is 2.85 bits per heavy atom. The van der Waals surface area contributed by atoms with Gasteiger partial charge in [0.05, 0.1) is 0 Å². The van der Waals surface area contributed by atoms with E-state index in [2.05, 4.69) is 10.3 Å². The largest absolute Gasteiger partial charge is 0.298 e. The average Bonchev–Trinajstić information content (AvgIpc) is 2.85. The van der Waals surface area contributed by atoms with E-state index in [1.165, 1.54) is 42.5 Å². The van der Waals surface area contributed by atoms with E-state index in [-0.39, 0.29) is 11.6 Å². The molecule has 0 spiro atoms. The molecule has 0 aliphatic rings. The Bertz CT molecular complexity index is 679. The van der Waals surface area contributed by atoms with E-state index in [1.54, 1.807) is 17.5 Å². The van der Waals surface area contributed by atoms with Crippen molar-refractivity contribution in [1.82, 2.24) is 4.98 Å². The average molecular weight is 290 g/mol. The van der Waals surface area contributed by atoms with Gasteiger partial charge in [-0.15, -0.1) is 11.3 Å². The predicted molar refractivity (Wildman–Crippen MR) is 76.2 cm³/mol. The van der Waals surface area contributed by atoms with Crippen LogP contribution in [0, 0.1) is 5.82 Å². The van der Waals surface area contributed by atoms with Crippen LogP contribution in [0.4, 0.5) is 9.52 Å². The van der Waals surface area contributed by atoms with Gasteiger partial charge in [0.2, 0.25) is 5.91 Å². The van der Waals surface area contributed by atoms with Crippen LogP contribution >= 0.6 is 11.3 Å². The lowest BCUT2D eigenvalue weighted by molar-refractivity contribution is -0.111. The number of nitrogens with one attached hydrogen (secondary N) is 1. The van der Waals surface area contributed by atoms with Gasteiger partial charge in [-0.1, -0.05) is 12.1 Å². The van der Waals surface area contributed by atoms with Crippen LogP contribution in [0.1, 0.15) is 23.0 Å². The van der Waals surface area contributed by atoms with Crippen LogP contribution < -0.4 is 5.32 Å². The Labute approximate surface area is 119 Å². The fourth-order valence-electron chi connectivity index (χ4n) is 1.42. The lowest BCUT2D eigenvalue weighted by Gasteiger charge is -1.96. The highest BCUT2D eigenvalue weighted by Gasteiger charge is 2.07. The molecular formula is C14H11FN2O2S. The summed E-state index contributed by atoms with van der Waals surface area (Å²) in [5, 5.41) is 4.47. The van der Waals surface area contributed by atoms with E-state index < -0.39 is 5.91 Å². The molecule has 0 radical (unpaired) electrons. The number of carbonyl (C=O) groups is 2. The van der Waals surface area contributed by atoms with Crippen LogP contribution in [-0.2, 0) is 4.79 Å². The first kappa shape index (κ1) is 14.1. The SMILES string of the molecule is CC(=O)c1csc(NC(=O)/C=C/c2cccc(F)c2)n1.